The zero-order valence-electron chi connectivity index (χ0n) is 23.0. The van der Waals surface area contributed by atoms with Crippen LogP contribution in [0.15, 0.2) is 25.3 Å². The highest BCUT2D eigenvalue weighted by Gasteiger charge is 2.79. The molecule has 0 aromatic rings. The molecule has 208 valence electrons. The zero-order valence-corrected chi connectivity index (χ0v) is 23.0. The van der Waals surface area contributed by atoms with Gasteiger partial charge in [-0.3, -0.25) is 14.4 Å². The quantitative estimate of drug-likeness (QED) is 0.190. The number of aliphatic hydroxyl groups excluding tert-OH is 1. The van der Waals surface area contributed by atoms with E-state index in [-0.39, 0.29) is 31.1 Å². The number of hydrogen-bond donors (Lipinski definition) is 1. The number of amides is 2. The highest BCUT2D eigenvalue weighted by atomic mass is 16.6. The van der Waals surface area contributed by atoms with E-state index in [1.807, 2.05) is 18.7 Å². The minimum Gasteiger partial charge on any atom is -0.461 e. The van der Waals surface area contributed by atoms with E-state index in [0.29, 0.717) is 38.8 Å². The molecular formula is C29H46N2O6. The van der Waals surface area contributed by atoms with Crippen LogP contribution in [0.25, 0.3) is 0 Å². The Kier molecular flexibility index (Phi) is 9.98. The summed E-state index contributed by atoms with van der Waals surface area (Å²) in [5.41, 5.74) is -1.85. The number of carbonyl (C=O) groups excluding carboxylic acids is 3. The highest BCUT2D eigenvalue weighted by Crippen LogP contribution is 2.64. The molecule has 0 aromatic heterocycles. The Morgan fingerprint density at radius 3 is 2.57 bits per heavy atom. The molecular weight excluding hydrogens is 472 g/mol. The predicted molar refractivity (Wildman–Crippen MR) is 142 cm³/mol. The smallest absolute Gasteiger partial charge is 0.313 e. The largest absolute Gasteiger partial charge is 0.461 e. The van der Waals surface area contributed by atoms with Crippen LogP contribution in [0.4, 0.5) is 0 Å². The molecule has 3 aliphatic rings. The van der Waals surface area contributed by atoms with Gasteiger partial charge in [-0.15, -0.1) is 6.58 Å². The third-order valence-electron chi connectivity index (χ3n) is 8.67. The van der Waals surface area contributed by atoms with Crippen molar-refractivity contribution in [1.82, 2.24) is 9.80 Å². The highest BCUT2D eigenvalue weighted by molar-refractivity contribution is 5.98. The van der Waals surface area contributed by atoms with Crippen molar-refractivity contribution in [3.63, 3.8) is 0 Å². The number of fused-ring (bicyclic) bond motifs is 1. The number of rotatable bonds is 16. The van der Waals surface area contributed by atoms with Crippen molar-refractivity contribution in [2.75, 3.05) is 26.3 Å². The first kappa shape index (κ1) is 29.4. The van der Waals surface area contributed by atoms with Crippen LogP contribution in [0, 0.1) is 11.8 Å². The fourth-order valence-electron chi connectivity index (χ4n) is 6.93. The number of aliphatic hydroxyl groups is 1. The Morgan fingerprint density at radius 2 is 1.95 bits per heavy atom. The van der Waals surface area contributed by atoms with E-state index in [0.717, 1.165) is 32.1 Å². The van der Waals surface area contributed by atoms with Crippen molar-refractivity contribution >= 4 is 17.8 Å². The van der Waals surface area contributed by atoms with E-state index in [1.165, 1.54) is 6.08 Å². The van der Waals surface area contributed by atoms with E-state index < -0.39 is 35.0 Å². The van der Waals surface area contributed by atoms with Crippen molar-refractivity contribution in [3.05, 3.63) is 25.3 Å². The van der Waals surface area contributed by atoms with Gasteiger partial charge in [0.25, 0.3) is 0 Å². The first-order chi connectivity index (χ1) is 17.8. The number of likely N-dealkylation sites (tertiary alicyclic amines) is 1. The van der Waals surface area contributed by atoms with Crippen LogP contribution in [0.1, 0.15) is 78.6 Å². The molecule has 8 nitrogen and oxygen atoms in total. The molecule has 3 saturated heterocycles. The molecule has 3 rings (SSSR count). The van der Waals surface area contributed by atoms with Gasteiger partial charge in [-0.25, -0.2) is 0 Å². The lowest BCUT2D eigenvalue weighted by Gasteiger charge is -2.39. The van der Waals surface area contributed by atoms with Crippen LogP contribution in [0.3, 0.4) is 0 Å². The lowest BCUT2D eigenvalue weighted by atomic mass is 9.65. The second-order valence-corrected chi connectivity index (χ2v) is 10.8. The first-order valence-corrected chi connectivity index (χ1v) is 14.1. The molecule has 3 fully saturated rings. The molecule has 0 saturated carbocycles. The maximum atomic E-state index is 14.4. The van der Waals surface area contributed by atoms with Crippen molar-refractivity contribution in [1.29, 1.82) is 0 Å². The van der Waals surface area contributed by atoms with Crippen LogP contribution in [-0.4, -0.2) is 82.3 Å². The normalized spacial score (nSPS) is 30.8. The molecule has 3 heterocycles. The van der Waals surface area contributed by atoms with Gasteiger partial charge in [-0.1, -0.05) is 51.8 Å². The number of nitrogens with zero attached hydrogens (tertiary/aromatic N) is 2. The molecule has 8 heteroatoms. The lowest BCUT2D eigenvalue weighted by Crippen LogP contribution is -2.58. The topological polar surface area (TPSA) is 96.4 Å². The molecule has 37 heavy (non-hydrogen) atoms. The zero-order chi connectivity index (χ0) is 27.2. The summed E-state index contributed by atoms with van der Waals surface area (Å²) in [5, 5.41) is 9.12. The molecule has 0 aliphatic carbocycles. The summed E-state index contributed by atoms with van der Waals surface area (Å²) in [6.45, 7) is 14.6. The first-order valence-electron chi connectivity index (χ1n) is 14.1. The van der Waals surface area contributed by atoms with E-state index in [1.54, 1.807) is 11.0 Å². The molecule has 2 bridgehead atoms. The molecule has 1 spiro atoms. The monoisotopic (exact) mass is 518 g/mol. The van der Waals surface area contributed by atoms with Gasteiger partial charge < -0.3 is 24.4 Å². The number of hydrogen-bond acceptors (Lipinski definition) is 6. The predicted octanol–water partition coefficient (Wildman–Crippen LogP) is 3.63. The van der Waals surface area contributed by atoms with Gasteiger partial charge >= 0.3 is 5.97 Å². The summed E-state index contributed by atoms with van der Waals surface area (Å²) in [6, 6.07) is -0.799. The molecule has 3 aliphatic heterocycles. The molecule has 0 radical (unpaired) electrons. The number of esters is 1. The van der Waals surface area contributed by atoms with Gasteiger partial charge in [-0.05, 0) is 45.4 Å². The molecule has 6 atom stereocenters. The Hall–Kier alpha value is -2.19. The minimum absolute atomic E-state index is 0.0143. The minimum atomic E-state index is -1.04. The second-order valence-electron chi connectivity index (χ2n) is 10.8. The van der Waals surface area contributed by atoms with E-state index in [4.69, 9.17) is 14.6 Å². The van der Waals surface area contributed by atoms with Crippen molar-refractivity contribution < 1.29 is 29.0 Å². The Morgan fingerprint density at radius 1 is 1.22 bits per heavy atom. The maximum absolute atomic E-state index is 14.4. The third kappa shape index (κ3) is 5.24. The SMILES string of the molecule is C=CCOC(=O)[C@@H]1[C@H]2C(=O)N(CCCCCCO)C(C(=O)N(CC=C)C(C)CCC)C23CC[C@@]1(CC)O3. The van der Waals surface area contributed by atoms with Crippen LogP contribution >= 0.6 is 0 Å². The van der Waals surface area contributed by atoms with Gasteiger partial charge in [0.2, 0.25) is 11.8 Å². The number of unbranched alkanes of at least 4 members (excludes halogenated alkanes) is 3. The van der Waals surface area contributed by atoms with E-state index in [9.17, 15) is 14.4 Å². The van der Waals surface area contributed by atoms with Gasteiger partial charge in [0.1, 0.15) is 24.2 Å². The Labute approximate surface area is 222 Å². The average molecular weight is 519 g/mol. The average Bonchev–Trinajstić information content (AvgIpc) is 3.49. The summed E-state index contributed by atoms with van der Waals surface area (Å²) >= 11 is 0. The van der Waals surface area contributed by atoms with Gasteiger partial charge in [-0.2, -0.15) is 0 Å². The second kappa shape index (κ2) is 12.6. The van der Waals surface area contributed by atoms with Crippen LogP contribution < -0.4 is 0 Å². The lowest BCUT2D eigenvalue weighted by molar-refractivity contribution is -0.161. The molecule has 3 unspecified atom stereocenters. The van der Waals surface area contributed by atoms with Gasteiger partial charge in [0.05, 0.1) is 11.5 Å². The Balaban J connectivity index is 2.02. The fourth-order valence-corrected chi connectivity index (χ4v) is 6.93. The van der Waals surface area contributed by atoms with Crippen molar-refractivity contribution in [3.8, 4) is 0 Å². The molecule has 1 N–H and O–H groups in total. The van der Waals surface area contributed by atoms with Crippen molar-refractivity contribution in [2.24, 2.45) is 11.8 Å². The summed E-state index contributed by atoms with van der Waals surface area (Å²) in [6.07, 6.45) is 9.88. The third-order valence-corrected chi connectivity index (χ3v) is 8.67. The number of ether oxygens (including phenoxy) is 2. The summed E-state index contributed by atoms with van der Waals surface area (Å²) in [4.78, 5) is 45.3. The van der Waals surface area contributed by atoms with Crippen LogP contribution in [0.5, 0.6) is 0 Å². The van der Waals surface area contributed by atoms with E-state index in [2.05, 4.69) is 20.1 Å². The van der Waals surface area contributed by atoms with Crippen molar-refractivity contribution in [2.45, 2.75) is 102 Å². The fraction of sp³-hybridized carbons (Fsp3) is 0.759. The standard InChI is InChI=1S/C29H46N2O6/c1-6-14-21(5)30(17-7-2)26(34)24-29-16-15-28(9-4,37-29)23(27(35)36-20-8-3)22(29)25(33)31(24)18-12-10-11-13-19-32/h7-8,21-24,32H,2-3,6,9-20H2,1,4-5H3/t21?,22-,23-,24?,28+,29?/m0/s1. The number of carbonyl (C=O) groups is 3. The summed E-state index contributed by atoms with van der Waals surface area (Å²) in [5.74, 6) is -2.23. The summed E-state index contributed by atoms with van der Waals surface area (Å²) < 4.78 is 12.3. The van der Waals surface area contributed by atoms with Crippen LogP contribution in [0.2, 0.25) is 0 Å². The maximum Gasteiger partial charge on any atom is 0.313 e. The summed E-state index contributed by atoms with van der Waals surface area (Å²) in [7, 11) is 0. The molecule has 2 amide bonds. The van der Waals surface area contributed by atoms with E-state index >= 15 is 0 Å². The van der Waals surface area contributed by atoms with Crippen LogP contribution in [-0.2, 0) is 23.9 Å². The molecule has 0 aromatic carbocycles. The van der Waals surface area contributed by atoms with Gasteiger partial charge in [0.15, 0.2) is 0 Å². The van der Waals surface area contributed by atoms with Gasteiger partial charge in [0, 0.05) is 25.7 Å². The Bertz CT molecular complexity index is 861.